The van der Waals surface area contributed by atoms with Gasteiger partial charge in [0.15, 0.2) is 5.96 Å². The molecule has 0 aromatic heterocycles. The maximum absolute atomic E-state index is 12.9. The Kier molecular flexibility index (Phi) is 6.47. The van der Waals surface area contributed by atoms with Gasteiger partial charge in [-0.2, -0.15) is 0 Å². The van der Waals surface area contributed by atoms with Crippen molar-refractivity contribution in [2.45, 2.75) is 24.9 Å². The molecule has 0 atom stereocenters. The summed E-state index contributed by atoms with van der Waals surface area (Å²) in [6.07, 6.45) is 2.08. The molecule has 0 radical (unpaired) electrons. The average molecular weight is 331 g/mol. The van der Waals surface area contributed by atoms with E-state index >= 15 is 0 Å². The molecule has 0 saturated heterocycles. The third kappa shape index (κ3) is 5.28. The predicted molar refractivity (Wildman–Crippen MR) is 96.4 cm³/mol. The maximum Gasteiger partial charge on any atom is 0.191 e. The van der Waals surface area contributed by atoms with Crippen molar-refractivity contribution in [2.75, 3.05) is 13.3 Å². The molecule has 0 aliphatic heterocycles. The zero-order valence-corrected chi connectivity index (χ0v) is 14.5. The summed E-state index contributed by atoms with van der Waals surface area (Å²) in [5.74, 6) is 0.502. The van der Waals surface area contributed by atoms with E-state index in [9.17, 15) is 4.39 Å². The van der Waals surface area contributed by atoms with Gasteiger partial charge in [-0.15, -0.1) is 11.8 Å². The molecule has 2 aromatic carbocycles. The van der Waals surface area contributed by atoms with Crippen molar-refractivity contribution in [3.63, 3.8) is 0 Å². The molecule has 0 unspecified atom stereocenters. The molecule has 3 nitrogen and oxygen atoms in total. The summed E-state index contributed by atoms with van der Waals surface area (Å²) in [5.41, 5.74) is 3.51. The number of aliphatic imine (C=N–C) groups is 1. The molecule has 0 aliphatic carbocycles. The van der Waals surface area contributed by atoms with Crippen LogP contribution in [0.4, 0.5) is 4.39 Å². The first kappa shape index (κ1) is 17.3. The van der Waals surface area contributed by atoms with E-state index in [0.717, 1.165) is 11.5 Å². The van der Waals surface area contributed by atoms with Crippen molar-refractivity contribution in [3.05, 3.63) is 65.0 Å². The Balaban J connectivity index is 1.91. The zero-order chi connectivity index (χ0) is 16.7. The number of hydrogen-bond donors (Lipinski definition) is 2. The minimum Gasteiger partial charge on any atom is -0.352 e. The van der Waals surface area contributed by atoms with E-state index < -0.39 is 0 Å². The van der Waals surface area contributed by atoms with Crippen LogP contribution in [0.25, 0.3) is 0 Å². The van der Waals surface area contributed by atoms with E-state index in [1.807, 2.05) is 0 Å². The van der Waals surface area contributed by atoms with Crippen LogP contribution in [0.5, 0.6) is 0 Å². The molecule has 2 aromatic rings. The van der Waals surface area contributed by atoms with Gasteiger partial charge in [-0.05, 0) is 48.1 Å². The van der Waals surface area contributed by atoms with Crippen LogP contribution in [-0.2, 0) is 13.1 Å². The summed E-state index contributed by atoms with van der Waals surface area (Å²) in [5, 5.41) is 6.55. The molecule has 0 aliphatic rings. The minimum absolute atomic E-state index is 0.222. The largest absolute Gasteiger partial charge is 0.352 e. The Morgan fingerprint density at radius 3 is 2.43 bits per heavy atom. The fourth-order valence-corrected chi connectivity index (χ4v) is 2.89. The van der Waals surface area contributed by atoms with Crippen molar-refractivity contribution in [3.8, 4) is 0 Å². The summed E-state index contributed by atoms with van der Waals surface area (Å²) in [6, 6.07) is 12.9. The number of aryl methyl sites for hydroxylation is 1. The summed E-state index contributed by atoms with van der Waals surface area (Å²) >= 11 is 1.74. The van der Waals surface area contributed by atoms with Crippen LogP contribution < -0.4 is 10.6 Å². The Bertz CT molecular complexity index is 668. The van der Waals surface area contributed by atoms with E-state index in [1.165, 1.54) is 28.2 Å². The van der Waals surface area contributed by atoms with Crippen molar-refractivity contribution in [1.29, 1.82) is 0 Å². The van der Waals surface area contributed by atoms with Gasteiger partial charge < -0.3 is 10.6 Å². The van der Waals surface area contributed by atoms with Crippen LogP contribution in [0.3, 0.4) is 0 Å². The predicted octanol–water partition coefficient (Wildman–Crippen LogP) is 3.72. The average Bonchev–Trinajstić information content (AvgIpc) is 2.57. The Morgan fingerprint density at radius 1 is 1.09 bits per heavy atom. The summed E-state index contributed by atoms with van der Waals surface area (Å²) in [7, 11) is 1.74. The highest BCUT2D eigenvalue weighted by Gasteiger charge is 2.04. The third-order valence-corrected chi connectivity index (χ3v) is 4.31. The normalized spacial score (nSPS) is 11.4. The number of benzene rings is 2. The van der Waals surface area contributed by atoms with Crippen LogP contribution >= 0.6 is 11.8 Å². The Morgan fingerprint density at radius 2 is 1.78 bits per heavy atom. The molecule has 0 fully saturated rings. The molecule has 0 bridgehead atoms. The first-order valence-electron chi connectivity index (χ1n) is 7.45. The highest BCUT2D eigenvalue weighted by Crippen LogP contribution is 2.21. The minimum atomic E-state index is -0.222. The van der Waals surface area contributed by atoms with Gasteiger partial charge in [0.1, 0.15) is 5.82 Å². The third-order valence-electron chi connectivity index (χ3n) is 3.49. The van der Waals surface area contributed by atoms with E-state index in [-0.39, 0.29) is 5.82 Å². The number of halogens is 1. The first-order chi connectivity index (χ1) is 11.1. The second-order valence-electron chi connectivity index (χ2n) is 5.22. The quantitative estimate of drug-likeness (QED) is 0.498. The lowest BCUT2D eigenvalue weighted by Gasteiger charge is -2.14. The highest BCUT2D eigenvalue weighted by molar-refractivity contribution is 7.98. The first-order valence-corrected chi connectivity index (χ1v) is 8.67. The van der Waals surface area contributed by atoms with Crippen molar-refractivity contribution in [2.24, 2.45) is 4.99 Å². The summed E-state index contributed by atoms with van der Waals surface area (Å²) in [4.78, 5) is 5.49. The van der Waals surface area contributed by atoms with Crippen LogP contribution in [-0.4, -0.2) is 19.3 Å². The number of guanidine groups is 1. The fourth-order valence-electron chi connectivity index (χ4n) is 2.19. The van der Waals surface area contributed by atoms with E-state index in [1.54, 1.807) is 30.9 Å². The summed E-state index contributed by atoms with van der Waals surface area (Å²) < 4.78 is 12.9. The number of hydrogen-bond acceptors (Lipinski definition) is 2. The number of rotatable bonds is 5. The molecule has 2 rings (SSSR count). The SMILES string of the molecule is CN=C(NCc1ccc(F)cc1)NCc1ccc(C)cc1SC. The molecule has 23 heavy (non-hydrogen) atoms. The second kappa shape index (κ2) is 8.58. The van der Waals surface area contributed by atoms with Crippen molar-refractivity contribution >= 4 is 17.7 Å². The lowest BCUT2D eigenvalue weighted by atomic mass is 10.1. The topological polar surface area (TPSA) is 36.4 Å². The van der Waals surface area contributed by atoms with Gasteiger partial charge in [0, 0.05) is 25.0 Å². The van der Waals surface area contributed by atoms with Gasteiger partial charge in [-0.1, -0.05) is 24.3 Å². The zero-order valence-electron chi connectivity index (χ0n) is 13.7. The molecule has 0 heterocycles. The molecule has 5 heteroatoms. The number of nitrogens with one attached hydrogen (secondary N) is 2. The smallest absolute Gasteiger partial charge is 0.191 e. The lowest BCUT2D eigenvalue weighted by molar-refractivity contribution is 0.626. The molecule has 2 N–H and O–H groups in total. The molecular formula is C18H22FN3S. The van der Waals surface area contributed by atoms with Gasteiger partial charge in [0.2, 0.25) is 0 Å². The monoisotopic (exact) mass is 331 g/mol. The van der Waals surface area contributed by atoms with Gasteiger partial charge >= 0.3 is 0 Å². The van der Waals surface area contributed by atoms with Crippen LogP contribution in [0, 0.1) is 12.7 Å². The molecule has 0 amide bonds. The standard InChI is InChI=1S/C18H22FN3S/c1-13-4-7-15(17(10-13)23-3)12-22-18(20-2)21-11-14-5-8-16(19)9-6-14/h4-10H,11-12H2,1-3H3,(H2,20,21,22). The maximum atomic E-state index is 12.9. The lowest BCUT2D eigenvalue weighted by Crippen LogP contribution is -2.36. The van der Waals surface area contributed by atoms with E-state index in [4.69, 9.17) is 0 Å². The highest BCUT2D eigenvalue weighted by atomic mass is 32.2. The number of thioether (sulfide) groups is 1. The van der Waals surface area contributed by atoms with Crippen LogP contribution in [0.1, 0.15) is 16.7 Å². The van der Waals surface area contributed by atoms with E-state index in [2.05, 4.69) is 47.0 Å². The number of nitrogens with zero attached hydrogens (tertiary/aromatic N) is 1. The van der Waals surface area contributed by atoms with Gasteiger partial charge in [0.05, 0.1) is 0 Å². The van der Waals surface area contributed by atoms with Crippen LogP contribution in [0.15, 0.2) is 52.4 Å². The second-order valence-corrected chi connectivity index (χ2v) is 6.07. The van der Waals surface area contributed by atoms with Gasteiger partial charge in [-0.3, -0.25) is 4.99 Å². The molecular weight excluding hydrogens is 309 g/mol. The molecule has 0 spiro atoms. The molecule has 122 valence electrons. The Labute approximate surface area is 141 Å². The summed E-state index contributed by atoms with van der Waals surface area (Å²) in [6.45, 7) is 3.41. The van der Waals surface area contributed by atoms with Crippen LogP contribution in [0.2, 0.25) is 0 Å². The van der Waals surface area contributed by atoms with Crippen molar-refractivity contribution in [1.82, 2.24) is 10.6 Å². The Hall–Kier alpha value is -2.01. The van der Waals surface area contributed by atoms with Gasteiger partial charge in [-0.25, -0.2) is 4.39 Å². The van der Waals surface area contributed by atoms with E-state index in [0.29, 0.717) is 13.1 Å². The fraction of sp³-hybridized carbons (Fsp3) is 0.278. The molecule has 0 saturated carbocycles. The van der Waals surface area contributed by atoms with Gasteiger partial charge in [0.25, 0.3) is 0 Å². The van der Waals surface area contributed by atoms with Crippen molar-refractivity contribution < 1.29 is 4.39 Å².